The molecule has 1 heterocycles. The number of hydrogen-bond donors (Lipinski definition) is 1. The molecular weight excluding hydrogens is 342 g/mol. The summed E-state index contributed by atoms with van der Waals surface area (Å²) in [4.78, 5) is 12.6. The highest BCUT2D eigenvalue weighted by Crippen LogP contribution is 2.28. The van der Waals surface area contributed by atoms with Gasteiger partial charge in [-0.05, 0) is 19.4 Å². The zero-order chi connectivity index (χ0) is 15.5. The van der Waals surface area contributed by atoms with Gasteiger partial charge in [-0.1, -0.05) is 6.92 Å². The Labute approximate surface area is 129 Å². The van der Waals surface area contributed by atoms with E-state index in [-0.39, 0.29) is 16.1 Å². The first-order valence-corrected chi connectivity index (χ1v) is 10.5. The highest BCUT2D eigenvalue weighted by Gasteiger charge is 2.20. The number of carbonyl (C=O) groups is 1. The van der Waals surface area contributed by atoms with Gasteiger partial charge < -0.3 is 5.32 Å². The molecule has 0 aromatic carbocycles. The molecule has 114 valence electrons. The number of amides is 1. The average molecular weight is 358 g/mol. The third-order valence-corrected chi connectivity index (χ3v) is 6.76. The average Bonchev–Trinajstić information content (AvgIpc) is 2.70. The van der Waals surface area contributed by atoms with E-state index in [1.807, 2.05) is 6.92 Å². The topological polar surface area (TPSA) is 80.3 Å². The van der Waals surface area contributed by atoms with Crippen LogP contribution in [0.15, 0.2) is 11.0 Å². The Bertz CT molecular complexity index is 624. The molecule has 0 saturated carbocycles. The zero-order valence-corrected chi connectivity index (χ0v) is 14.5. The normalized spacial score (nSPS) is 14.8. The van der Waals surface area contributed by atoms with Gasteiger partial charge in [-0.3, -0.25) is 9.00 Å². The lowest BCUT2D eigenvalue weighted by atomic mass is 10.3. The molecule has 0 fully saturated rings. The number of nitrogens with one attached hydrogen (secondary N) is 1. The lowest BCUT2D eigenvalue weighted by Gasteiger charge is -2.08. The van der Waals surface area contributed by atoms with Crippen molar-refractivity contribution in [3.8, 4) is 0 Å². The number of thiophene rings is 1. The lowest BCUT2D eigenvalue weighted by molar-refractivity contribution is 0.0957. The highest BCUT2D eigenvalue weighted by molar-refractivity contribution is 8.13. The van der Waals surface area contributed by atoms with E-state index in [1.54, 1.807) is 13.2 Å². The van der Waals surface area contributed by atoms with Crippen molar-refractivity contribution in [3.05, 3.63) is 15.8 Å². The fraction of sp³-hybridized carbons (Fsp3) is 0.545. The summed E-state index contributed by atoms with van der Waals surface area (Å²) in [6.07, 6.45) is 2.21. The van der Waals surface area contributed by atoms with Crippen LogP contribution < -0.4 is 5.32 Å². The largest absolute Gasteiger partial charge is 0.351 e. The van der Waals surface area contributed by atoms with Gasteiger partial charge in [-0.2, -0.15) is 0 Å². The second kappa shape index (κ2) is 7.02. The van der Waals surface area contributed by atoms with Crippen LogP contribution >= 0.6 is 22.0 Å². The van der Waals surface area contributed by atoms with Crippen LogP contribution in [0.1, 0.15) is 27.9 Å². The third-order valence-electron chi connectivity index (χ3n) is 2.76. The first-order valence-electron chi connectivity index (χ1n) is 5.78. The van der Waals surface area contributed by atoms with Gasteiger partial charge in [0.05, 0.1) is 9.77 Å². The molecular formula is C11H16ClNO4S3. The standard InChI is InChI=1S/C11H16ClNO4S3/c1-7(19(3)15)4-5-13-11(14)9-6-10(8(2)18-9)20(12,16)17/h6-7H,4-5H2,1-3H3,(H,13,14). The van der Waals surface area contributed by atoms with E-state index in [2.05, 4.69) is 5.32 Å². The van der Waals surface area contributed by atoms with Crippen LogP contribution in [0.25, 0.3) is 0 Å². The van der Waals surface area contributed by atoms with E-state index < -0.39 is 19.9 Å². The molecule has 0 radical (unpaired) electrons. The fourth-order valence-electron chi connectivity index (χ4n) is 1.46. The summed E-state index contributed by atoms with van der Waals surface area (Å²) in [6.45, 7) is 3.83. The summed E-state index contributed by atoms with van der Waals surface area (Å²) < 4.78 is 33.7. The van der Waals surface area contributed by atoms with Crippen LogP contribution in [0.3, 0.4) is 0 Å². The lowest BCUT2D eigenvalue weighted by Crippen LogP contribution is -2.26. The van der Waals surface area contributed by atoms with Gasteiger partial charge in [0, 0.05) is 44.4 Å². The number of aryl methyl sites for hydroxylation is 1. The molecule has 20 heavy (non-hydrogen) atoms. The molecule has 2 atom stereocenters. The Kier molecular flexibility index (Phi) is 6.18. The molecule has 0 bridgehead atoms. The van der Waals surface area contributed by atoms with Crippen LogP contribution in [0.4, 0.5) is 0 Å². The Hall–Kier alpha value is -0.440. The maximum absolute atomic E-state index is 11.9. The van der Waals surface area contributed by atoms with Gasteiger partial charge in [-0.25, -0.2) is 8.42 Å². The van der Waals surface area contributed by atoms with E-state index in [0.29, 0.717) is 22.7 Å². The third kappa shape index (κ3) is 4.83. The molecule has 0 aliphatic rings. The summed E-state index contributed by atoms with van der Waals surface area (Å²) in [5.41, 5.74) is 0. The molecule has 1 rings (SSSR count). The van der Waals surface area contributed by atoms with E-state index >= 15 is 0 Å². The second-order valence-electron chi connectivity index (χ2n) is 4.32. The van der Waals surface area contributed by atoms with Gasteiger partial charge in [0.2, 0.25) is 0 Å². The predicted octanol–water partition coefficient (Wildman–Crippen LogP) is 1.87. The predicted molar refractivity (Wildman–Crippen MR) is 82.6 cm³/mol. The SMILES string of the molecule is Cc1sc(C(=O)NCCC(C)S(C)=O)cc1S(=O)(=O)Cl. The van der Waals surface area contributed by atoms with Crippen molar-refractivity contribution in [2.45, 2.75) is 30.4 Å². The zero-order valence-electron chi connectivity index (χ0n) is 11.3. The maximum atomic E-state index is 11.9. The molecule has 5 nitrogen and oxygen atoms in total. The van der Waals surface area contributed by atoms with E-state index in [0.717, 1.165) is 11.3 Å². The quantitative estimate of drug-likeness (QED) is 0.788. The van der Waals surface area contributed by atoms with Crippen molar-refractivity contribution in [1.29, 1.82) is 0 Å². The first kappa shape index (κ1) is 17.6. The number of carbonyl (C=O) groups excluding carboxylic acids is 1. The summed E-state index contributed by atoms with van der Waals surface area (Å²) in [6, 6.07) is 1.28. The van der Waals surface area contributed by atoms with Crippen molar-refractivity contribution >= 4 is 47.8 Å². The number of hydrogen-bond acceptors (Lipinski definition) is 5. The van der Waals surface area contributed by atoms with Crippen molar-refractivity contribution in [2.75, 3.05) is 12.8 Å². The van der Waals surface area contributed by atoms with Gasteiger partial charge in [0.15, 0.2) is 0 Å². The molecule has 1 N–H and O–H groups in total. The van der Waals surface area contributed by atoms with Crippen LogP contribution in [0, 0.1) is 6.92 Å². The summed E-state index contributed by atoms with van der Waals surface area (Å²) in [7, 11) is 0.521. The van der Waals surface area contributed by atoms with Crippen LogP contribution in [0.5, 0.6) is 0 Å². The van der Waals surface area contributed by atoms with Crippen molar-refractivity contribution in [1.82, 2.24) is 5.32 Å². The minimum atomic E-state index is -3.83. The highest BCUT2D eigenvalue weighted by atomic mass is 35.7. The number of halogens is 1. The minimum absolute atomic E-state index is 0.000785. The molecule has 0 aliphatic carbocycles. The van der Waals surface area contributed by atoms with Crippen LogP contribution in [0.2, 0.25) is 0 Å². The maximum Gasteiger partial charge on any atom is 0.262 e. The van der Waals surface area contributed by atoms with Crippen molar-refractivity contribution in [2.24, 2.45) is 0 Å². The monoisotopic (exact) mass is 357 g/mol. The summed E-state index contributed by atoms with van der Waals surface area (Å²) >= 11 is 1.08. The molecule has 9 heteroatoms. The Morgan fingerprint density at radius 1 is 1.55 bits per heavy atom. The Morgan fingerprint density at radius 2 is 2.15 bits per heavy atom. The van der Waals surface area contributed by atoms with Crippen LogP contribution in [-0.4, -0.2) is 36.6 Å². The van der Waals surface area contributed by atoms with Crippen LogP contribution in [-0.2, 0) is 19.9 Å². The number of rotatable bonds is 6. The minimum Gasteiger partial charge on any atom is -0.351 e. The van der Waals surface area contributed by atoms with Crippen molar-refractivity contribution in [3.63, 3.8) is 0 Å². The Balaban J connectivity index is 2.68. The first-order chi connectivity index (χ1) is 9.12. The molecule has 0 spiro atoms. The van der Waals surface area contributed by atoms with Gasteiger partial charge in [0.25, 0.3) is 15.0 Å². The fourth-order valence-corrected chi connectivity index (χ4v) is 4.49. The molecule has 1 aromatic rings. The van der Waals surface area contributed by atoms with E-state index in [4.69, 9.17) is 10.7 Å². The second-order valence-corrected chi connectivity index (χ2v) is 9.92. The molecule has 2 unspecified atom stereocenters. The molecule has 0 saturated heterocycles. The Morgan fingerprint density at radius 3 is 2.60 bits per heavy atom. The van der Waals surface area contributed by atoms with Gasteiger partial charge in [-0.15, -0.1) is 11.3 Å². The van der Waals surface area contributed by atoms with E-state index in [1.165, 1.54) is 6.07 Å². The van der Waals surface area contributed by atoms with Gasteiger partial charge >= 0.3 is 0 Å². The smallest absolute Gasteiger partial charge is 0.262 e. The summed E-state index contributed by atoms with van der Waals surface area (Å²) in [5.74, 6) is -0.348. The summed E-state index contributed by atoms with van der Waals surface area (Å²) in [5, 5.41) is 2.68. The van der Waals surface area contributed by atoms with Crippen molar-refractivity contribution < 1.29 is 17.4 Å². The molecule has 0 aliphatic heterocycles. The molecule has 1 aromatic heterocycles. The molecule has 1 amide bonds. The van der Waals surface area contributed by atoms with E-state index in [9.17, 15) is 17.4 Å². The van der Waals surface area contributed by atoms with Gasteiger partial charge in [0.1, 0.15) is 0 Å².